The topological polar surface area (TPSA) is 50.7 Å². The summed E-state index contributed by atoms with van der Waals surface area (Å²) < 4.78 is 0. The molecule has 0 spiro atoms. The maximum atomic E-state index is 4.70. The molecule has 0 saturated heterocycles. The number of hydrogen-bond donors (Lipinski definition) is 1. The van der Waals surface area contributed by atoms with Crippen LogP contribution in [0.3, 0.4) is 0 Å². The minimum Gasteiger partial charge on any atom is -0.361 e. The molecule has 22 heavy (non-hydrogen) atoms. The highest BCUT2D eigenvalue weighted by molar-refractivity contribution is 7.15. The standard InChI is InChI=1S/C17H18N4S/c1-11-9-18-10-15(19-11)20-12(2)16-13(3)21-17(22-16)14-7-5-4-6-8-14/h4-10,12H,1-3H3,(H,19,20). The highest BCUT2D eigenvalue weighted by Gasteiger charge is 2.15. The Hall–Kier alpha value is -2.27. The first-order valence-corrected chi connectivity index (χ1v) is 8.03. The quantitative estimate of drug-likeness (QED) is 0.776. The van der Waals surface area contributed by atoms with Gasteiger partial charge in [-0.05, 0) is 20.8 Å². The van der Waals surface area contributed by atoms with Gasteiger partial charge in [-0.2, -0.15) is 0 Å². The Morgan fingerprint density at radius 1 is 1.05 bits per heavy atom. The average molecular weight is 310 g/mol. The summed E-state index contributed by atoms with van der Waals surface area (Å²) in [4.78, 5) is 14.5. The van der Waals surface area contributed by atoms with Gasteiger partial charge in [-0.1, -0.05) is 30.3 Å². The van der Waals surface area contributed by atoms with Gasteiger partial charge in [-0.3, -0.25) is 4.98 Å². The predicted molar refractivity (Wildman–Crippen MR) is 91.1 cm³/mol. The van der Waals surface area contributed by atoms with Crippen LogP contribution in [-0.4, -0.2) is 15.0 Å². The molecule has 5 heteroatoms. The van der Waals surface area contributed by atoms with E-state index in [0.717, 1.165) is 27.8 Å². The second-order valence-corrected chi connectivity index (χ2v) is 6.28. The summed E-state index contributed by atoms with van der Waals surface area (Å²) in [6.45, 7) is 6.12. The van der Waals surface area contributed by atoms with Crippen LogP contribution in [-0.2, 0) is 0 Å². The third-order valence-electron chi connectivity index (χ3n) is 3.37. The Bertz CT molecular complexity index is 767. The number of anilines is 1. The Labute approximate surface area is 134 Å². The van der Waals surface area contributed by atoms with E-state index in [0.29, 0.717) is 0 Å². The van der Waals surface area contributed by atoms with E-state index in [1.165, 1.54) is 4.88 Å². The normalized spacial score (nSPS) is 12.1. The third-order valence-corrected chi connectivity index (χ3v) is 4.76. The zero-order valence-corrected chi connectivity index (χ0v) is 13.7. The number of hydrogen-bond acceptors (Lipinski definition) is 5. The highest BCUT2D eigenvalue weighted by Crippen LogP contribution is 2.32. The molecule has 0 aliphatic heterocycles. The second kappa shape index (κ2) is 6.23. The molecule has 0 bridgehead atoms. The fourth-order valence-electron chi connectivity index (χ4n) is 2.33. The molecule has 3 rings (SSSR count). The molecule has 1 aromatic carbocycles. The van der Waals surface area contributed by atoms with Gasteiger partial charge in [0.25, 0.3) is 0 Å². The Balaban J connectivity index is 1.84. The zero-order valence-electron chi connectivity index (χ0n) is 12.9. The summed E-state index contributed by atoms with van der Waals surface area (Å²) in [5.74, 6) is 0.793. The van der Waals surface area contributed by atoms with Gasteiger partial charge in [0.2, 0.25) is 0 Å². The first-order valence-electron chi connectivity index (χ1n) is 7.21. The van der Waals surface area contributed by atoms with Crippen LogP contribution in [0.2, 0.25) is 0 Å². The molecule has 4 nitrogen and oxygen atoms in total. The summed E-state index contributed by atoms with van der Waals surface area (Å²) in [6, 6.07) is 10.4. The van der Waals surface area contributed by atoms with Gasteiger partial charge in [-0.15, -0.1) is 11.3 Å². The van der Waals surface area contributed by atoms with E-state index in [1.807, 2.05) is 25.1 Å². The molecule has 112 valence electrons. The molecule has 3 aromatic rings. The number of aryl methyl sites for hydroxylation is 2. The molecule has 1 unspecified atom stereocenters. The number of aromatic nitrogens is 3. The van der Waals surface area contributed by atoms with Crippen LogP contribution in [0.15, 0.2) is 42.7 Å². The Morgan fingerprint density at radius 3 is 2.55 bits per heavy atom. The minimum absolute atomic E-state index is 0.145. The first-order chi connectivity index (χ1) is 10.6. The summed E-state index contributed by atoms with van der Waals surface area (Å²) >= 11 is 1.72. The lowest BCUT2D eigenvalue weighted by Crippen LogP contribution is -2.08. The maximum Gasteiger partial charge on any atom is 0.145 e. The number of nitrogens with one attached hydrogen (secondary N) is 1. The average Bonchev–Trinajstić information content (AvgIpc) is 2.90. The lowest BCUT2D eigenvalue weighted by molar-refractivity contribution is 0.874. The highest BCUT2D eigenvalue weighted by atomic mass is 32.1. The van der Waals surface area contributed by atoms with E-state index in [-0.39, 0.29) is 6.04 Å². The van der Waals surface area contributed by atoms with Crippen LogP contribution in [0.25, 0.3) is 10.6 Å². The van der Waals surface area contributed by atoms with Crippen molar-refractivity contribution in [2.45, 2.75) is 26.8 Å². The molecule has 2 aromatic heterocycles. The van der Waals surface area contributed by atoms with Crippen molar-refractivity contribution < 1.29 is 0 Å². The third kappa shape index (κ3) is 3.14. The van der Waals surface area contributed by atoms with Gasteiger partial charge in [0.15, 0.2) is 0 Å². The fourth-order valence-corrected chi connectivity index (χ4v) is 3.41. The molecule has 0 aliphatic carbocycles. The van der Waals surface area contributed by atoms with Gasteiger partial charge in [0.05, 0.1) is 23.6 Å². The zero-order chi connectivity index (χ0) is 15.5. The molecule has 0 saturated carbocycles. The molecule has 0 fully saturated rings. The van der Waals surface area contributed by atoms with Crippen molar-refractivity contribution in [3.63, 3.8) is 0 Å². The SMILES string of the molecule is Cc1cncc(NC(C)c2sc(-c3ccccc3)nc2C)n1. The Kier molecular flexibility index (Phi) is 4.15. The van der Waals surface area contributed by atoms with Gasteiger partial charge >= 0.3 is 0 Å². The fraction of sp³-hybridized carbons (Fsp3) is 0.235. The van der Waals surface area contributed by atoms with Crippen molar-refractivity contribution in [1.29, 1.82) is 0 Å². The summed E-state index contributed by atoms with van der Waals surface area (Å²) in [6.07, 6.45) is 3.50. The van der Waals surface area contributed by atoms with Crippen LogP contribution in [0.4, 0.5) is 5.82 Å². The summed E-state index contributed by atoms with van der Waals surface area (Å²) in [7, 11) is 0. The van der Waals surface area contributed by atoms with Crippen LogP contribution in [0.1, 0.15) is 29.2 Å². The van der Waals surface area contributed by atoms with E-state index in [2.05, 4.69) is 41.3 Å². The molecule has 1 atom stereocenters. The van der Waals surface area contributed by atoms with Crippen LogP contribution in [0.5, 0.6) is 0 Å². The summed E-state index contributed by atoms with van der Waals surface area (Å²) in [5, 5.41) is 4.45. The second-order valence-electron chi connectivity index (χ2n) is 5.25. The van der Waals surface area contributed by atoms with Crippen molar-refractivity contribution in [2.75, 3.05) is 5.32 Å². The lowest BCUT2D eigenvalue weighted by Gasteiger charge is -2.13. The number of nitrogens with zero attached hydrogens (tertiary/aromatic N) is 3. The van der Waals surface area contributed by atoms with Gasteiger partial charge in [0, 0.05) is 16.6 Å². The molecular weight excluding hydrogens is 292 g/mol. The minimum atomic E-state index is 0.145. The number of benzene rings is 1. The largest absolute Gasteiger partial charge is 0.361 e. The molecule has 0 aliphatic rings. The first kappa shape index (κ1) is 14.7. The van der Waals surface area contributed by atoms with Crippen molar-refractivity contribution in [1.82, 2.24) is 15.0 Å². The van der Waals surface area contributed by atoms with Crippen LogP contribution in [0, 0.1) is 13.8 Å². The van der Waals surface area contributed by atoms with Crippen molar-refractivity contribution in [3.05, 3.63) is 59.0 Å². The monoisotopic (exact) mass is 310 g/mol. The lowest BCUT2D eigenvalue weighted by atomic mass is 10.2. The van der Waals surface area contributed by atoms with E-state index in [9.17, 15) is 0 Å². The van der Waals surface area contributed by atoms with Crippen molar-refractivity contribution >= 4 is 17.2 Å². The van der Waals surface area contributed by atoms with Crippen molar-refractivity contribution in [3.8, 4) is 10.6 Å². The molecular formula is C17H18N4S. The molecule has 1 N–H and O–H groups in total. The van der Waals surface area contributed by atoms with Gasteiger partial charge < -0.3 is 5.32 Å². The van der Waals surface area contributed by atoms with Gasteiger partial charge in [0.1, 0.15) is 10.8 Å². The maximum absolute atomic E-state index is 4.70. The van der Waals surface area contributed by atoms with E-state index in [1.54, 1.807) is 23.7 Å². The molecule has 2 heterocycles. The van der Waals surface area contributed by atoms with Gasteiger partial charge in [-0.25, -0.2) is 9.97 Å². The van der Waals surface area contributed by atoms with E-state index >= 15 is 0 Å². The van der Waals surface area contributed by atoms with E-state index in [4.69, 9.17) is 4.98 Å². The number of rotatable bonds is 4. The Morgan fingerprint density at radius 2 is 1.82 bits per heavy atom. The summed E-state index contributed by atoms with van der Waals surface area (Å²) in [5.41, 5.74) is 3.12. The van der Waals surface area contributed by atoms with E-state index < -0.39 is 0 Å². The smallest absolute Gasteiger partial charge is 0.145 e. The molecule has 0 amide bonds. The predicted octanol–water partition coefficient (Wildman–Crippen LogP) is 4.39. The van der Waals surface area contributed by atoms with Crippen molar-refractivity contribution in [2.24, 2.45) is 0 Å². The van der Waals surface area contributed by atoms with Crippen LogP contribution < -0.4 is 5.32 Å². The molecule has 0 radical (unpaired) electrons. The number of thiazole rings is 1. The van der Waals surface area contributed by atoms with Crippen LogP contribution >= 0.6 is 11.3 Å².